The molecular weight excluding hydrogens is 250 g/mol. The molecule has 0 spiro atoms. The Kier molecular flexibility index (Phi) is 4.68. The Balaban J connectivity index is 2.85. The Labute approximate surface area is 110 Å². The zero-order chi connectivity index (χ0) is 14.6. The molecular formula is C12H17N3O4. The highest BCUT2D eigenvalue weighted by atomic mass is 16.4. The molecule has 0 aromatic carbocycles. The quantitative estimate of drug-likeness (QED) is 0.679. The van der Waals surface area contributed by atoms with Crippen LogP contribution >= 0.6 is 0 Å². The van der Waals surface area contributed by atoms with E-state index in [0.717, 1.165) is 0 Å². The molecule has 104 valence electrons. The van der Waals surface area contributed by atoms with E-state index in [1.54, 1.807) is 22.9 Å². The lowest BCUT2D eigenvalue weighted by atomic mass is 10.2. The first-order valence-electron chi connectivity index (χ1n) is 5.81. The van der Waals surface area contributed by atoms with Gasteiger partial charge in [-0.05, 0) is 26.0 Å². The van der Waals surface area contributed by atoms with E-state index in [4.69, 9.17) is 10.8 Å². The number of amides is 2. The van der Waals surface area contributed by atoms with E-state index in [-0.39, 0.29) is 6.04 Å². The zero-order valence-electron chi connectivity index (χ0n) is 10.8. The van der Waals surface area contributed by atoms with Crippen molar-refractivity contribution in [3.05, 3.63) is 24.0 Å². The number of aromatic nitrogens is 1. The molecule has 0 saturated heterocycles. The number of rotatable bonds is 6. The van der Waals surface area contributed by atoms with E-state index < -0.39 is 30.2 Å². The molecule has 7 heteroatoms. The van der Waals surface area contributed by atoms with Crippen LogP contribution in [0.5, 0.6) is 0 Å². The van der Waals surface area contributed by atoms with Gasteiger partial charge in [0.25, 0.3) is 5.91 Å². The fraction of sp³-hybridized carbons (Fsp3) is 0.417. The number of carboxylic acids is 1. The molecule has 1 unspecified atom stereocenters. The van der Waals surface area contributed by atoms with Crippen molar-refractivity contribution < 1.29 is 19.5 Å². The summed E-state index contributed by atoms with van der Waals surface area (Å²) in [7, 11) is 0. The van der Waals surface area contributed by atoms with Crippen LogP contribution in [0.15, 0.2) is 18.3 Å². The smallest absolute Gasteiger partial charge is 0.326 e. The van der Waals surface area contributed by atoms with E-state index in [2.05, 4.69) is 5.32 Å². The van der Waals surface area contributed by atoms with Gasteiger partial charge in [0.15, 0.2) is 0 Å². The Morgan fingerprint density at radius 1 is 1.42 bits per heavy atom. The molecule has 1 rings (SSSR count). The average Bonchev–Trinajstić information content (AvgIpc) is 2.76. The highest BCUT2D eigenvalue weighted by Gasteiger charge is 2.24. The van der Waals surface area contributed by atoms with Gasteiger partial charge < -0.3 is 20.7 Å². The minimum Gasteiger partial charge on any atom is -0.480 e. The first kappa shape index (κ1) is 14.7. The number of aliphatic carboxylic acids is 1. The summed E-state index contributed by atoms with van der Waals surface area (Å²) < 4.78 is 1.71. The monoisotopic (exact) mass is 267 g/mol. The molecule has 1 aromatic rings. The molecule has 0 radical (unpaired) electrons. The fourth-order valence-electron chi connectivity index (χ4n) is 1.67. The van der Waals surface area contributed by atoms with Crippen LogP contribution in [0.25, 0.3) is 0 Å². The highest BCUT2D eigenvalue weighted by Crippen LogP contribution is 2.11. The summed E-state index contributed by atoms with van der Waals surface area (Å²) in [6.07, 6.45) is 1.28. The van der Waals surface area contributed by atoms with Gasteiger partial charge in [0.05, 0.1) is 6.42 Å². The normalized spacial score (nSPS) is 12.2. The summed E-state index contributed by atoms with van der Waals surface area (Å²) in [5, 5.41) is 11.2. The topological polar surface area (TPSA) is 114 Å². The lowest BCUT2D eigenvalue weighted by molar-refractivity contribution is -0.140. The number of nitrogens with zero attached hydrogens (tertiary/aromatic N) is 1. The third-order valence-corrected chi connectivity index (χ3v) is 2.58. The molecule has 0 aliphatic carbocycles. The average molecular weight is 267 g/mol. The largest absolute Gasteiger partial charge is 0.480 e. The molecule has 1 atom stereocenters. The standard InChI is InChI=1S/C12H17N3O4/c1-7(2)15-5-3-4-9(15)11(17)14-8(12(18)19)6-10(13)16/h3-5,7-8H,6H2,1-2H3,(H2,13,16)(H,14,17)(H,18,19). The van der Waals surface area contributed by atoms with E-state index in [9.17, 15) is 14.4 Å². The van der Waals surface area contributed by atoms with Crippen molar-refractivity contribution in [2.45, 2.75) is 32.4 Å². The molecule has 0 aliphatic rings. The SMILES string of the molecule is CC(C)n1cccc1C(=O)NC(CC(N)=O)C(=O)O. The maximum Gasteiger partial charge on any atom is 0.326 e. The number of carbonyl (C=O) groups excluding carboxylic acids is 2. The fourth-order valence-corrected chi connectivity index (χ4v) is 1.67. The van der Waals surface area contributed by atoms with E-state index in [1.165, 1.54) is 0 Å². The van der Waals surface area contributed by atoms with Crippen LogP contribution in [0.3, 0.4) is 0 Å². The first-order valence-corrected chi connectivity index (χ1v) is 5.81. The third-order valence-electron chi connectivity index (χ3n) is 2.58. The maximum absolute atomic E-state index is 12.0. The summed E-state index contributed by atoms with van der Waals surface area (Å²) in [5.74, 6) is -2.63. The Morgan fingerprint density at radius 3 is 2.53 bits per heavy atom. The lowest BCUT2D eigenvalue weighted by Crippen LogP contribution is -2.43. The van der Waals surface area contributed by atoms with Gasteiger partial charge in [0, 0.05) is 12.2 Å². The summed E-state index contributed by atoms with van der Waals surface area (Å²) in [4.78, 5) is 33.7. The van der Waals surface area contributed by atoms with Gasteiger partial charge in [-0.3, -0.25) is 9.59 Å². The molecule has 0 bridgehead atoms. The highest BCUT2D eigenvalue weighted by molar-refractivity contribution is 5.96. The second kappa shape index (κ2) is 6.03. The van der Waals surface area contributed by atoms with Crippen molar-refractivity contribution in [3.8, 4) is 0 Å². The predicted octanol–water partition coefficient (Wildman–Crippen LogP) is 0.127. The van der Waals surface area contributed by atoms with Crippen LogP contribution in [0.1, 0.15) is 36.8 Å². The van der Waals surface area contributed by atoms with Crippen molar-refractivity contribution in [2.24, 2.45) is 5.73 Å². The minimum absolute atomic E-state index is 0.0650. The molecule has 1 heterocycles. The first-order chi connectivity index (χ1) is 8.82. The lowest BCUT2D eigenvalue weighted by Gasteiger charge is -2.16. The van der Waals surface area contributed by atoms with Gasteiger partial charge in [-0.1, -0.05) is 0 Å². The molecule has 7 nitrogen and oxygen atoms in total. The number of nitrogens with two attached hydrogens (primary N) is 1. The van der Waals surface area contributed by atoms with Crippen LogP contribution in [-0.2, 0) is 9.59 Å². The number of primary amides is 1. The molecule has 19 heavy (non-hydrogen) atoms. The molecule has 0 aliphatic heterocycles. The van der Waals surface area contributed by atoms with Crippen molar-refractivity contribution in [3.63, 3.8) is 0 Å². The van der Waals surface area contributed by atoms with Crippen LogP contribution in [0.4, 0.5) is 0 Å². The number of hydrogen-bond donors (Lipinski definition) is 3. The number of carbonyl (C=O) groups is 3. The zero-order valence-corrected chi connectivity index (χ0v) is 10.8. The Bertz CT molecular complexity index is 493. The summed E-state index contributed by atoms with van der Waals surface area (Å²) >= 11 is 0. The second-order valence-corrected chi connectivity index (χ2v) is 4.43. The summed E-state index contributed by atoms with van der Waals surface area (Å²) in [6, 6.07) is 2.02. The molecule has 0 saturated carbocycles. The Hall–Kier alpha value is -2.31. The van der Waals surface area contributed by atoms with Crippen molar-refractivity contribution >= 4 is 17.8 Å². The van der Waals surface area contributed by atoms with Crippen molar-refractivity contribution in [1.29, 1.82) is 0 Å². The number of hydrogen-bond acceptors (Lipinski definition) is 3. The maximum atomic E-state index is 12.0. The van der Waals surface area contributed by atoms with Crippen LogP contribution in [0, 0.1) is 0 Å². The molecule has 0 fully saturated rings. The molecule has 4 N–H and O–H groups in total. The van der Waals surface area contributed by atoms with Gasteiger partial charge in [0.1, 0.15) is 11.7 Å². The van der Waals surface area contributed by atoms with Crippen LogP contribution in [-0.4, -0.2) is 33.5 Å². The predicted molar refractivity (Wildman–Crippen MR) is 67.5 cm³/mol. The molecule has 2 amide bonds. The summed E-state index contributed by atoms with van der Waals surface area (Å²) in [6.45, 7) is 3.80. The summed E-state index contributed by atoms with van der Waals surface area (Å²) in [5.41, 5.74) is 5.28. The number of carboxylic acid groups (broad SMARTS) is 1. The van der Waals surface area contributed by atoms with E-state index in [0.29, 0.717) is 5.69 Å². The number of nitrogens with one attached hydrogen (secondary N) is 1. The van der Waals surface area contributed by atoms with Gasteiger partial charge in [-0.15, -0.1) is 0 Å². The minimum atomic E-state index is -1.32. The van der Waals surface area contributed by atoms with Gasteiger partial charge in [-0.2, -0.15) is 0 Å². The van der Waals surface area contributed by atoms with E-state index >= 15 is 0 Å². The van der Waals surface area contributed by atoms with Crippen molar-refractivity contribution in [2.75, 3.05) is 0 Å². The third kappa shape index (κ3) is 3.84. The van der Waals surface area contributed by atoms with Crippen LogP contribution in [0.2, 0.25) is 0 Å². The van der Waals surface area contributed by atoms with Crippen LogP contribution < -0.4 is 11.1 Å². The second-order valence-electron chi connectivity index (χ2n) is 4.43. The molecule has 1 aromatic heterocycles. The van der Waals surface area contributed by atoms with E-state index in [1.807, 2.05) is 13.8 Å². The van der Waals surface area contributed by atoms with Gasteiger partial charge in [0.2, 0.25) is 5.91 Å². The van der Waals surface area contributed by atoms with Gasteiger partial charge >= 0.3 is 5.97 Å². The van der Waals surface area contributed by atoms with Crippen molar-refractivity contribution in [1.82, 2.24) is 9.88 Å². The van der Waals surface area contributed by atoms with Gasteiger partial charge in [-0.25, -0.2) is 4.79 Å². The Morgan fingerprint density at radius 2 is 2.05 bits per heavy atom.